The van der Waals surface area contributed by atoms with Gasteiger partial charge in [-0.2, -0.15) is 0 Å². The Morgan fingerprint density at radius 3 is 2.56 bits per heavy atom. The Labute approximate surface area is 282 Å². The molecule has 48 heavy (non-hydrogen) atoms. The number of carbonyl (C=O) groups is 1. The average molecular weight is 657 g/mol. The molecule has 10 nitrogen and oxygen atoms in total. The second kappa shape index (κ2) is 13.2. The number of aliphatic hydroxyl groups is 1. The van der Waals surface area contributed by atoms with Gasteiger partial charge in [-0.25, -0.2) is 15.0 Å². The number of β-amino-alcohol motifs (C(OH)–C–C–N with tert-alkyl or cyclic N) is 1. The van der Waals surface area contributed by atoms with Crippen molar-refractivity contribution in [3.8, 4) is 22.6 Å². The Hall–Kier alpha value is -5.10. The highest BCUT2D eigenvalue weighted by Crippen LogP contribution is 2.48. The van der Waals surface area contributed by atoms with E-state index in [2.05, 4.69) is 66.2 Å². The highest BCUT2D eigenvalue weighted by Gasteiger charge is 2.43. The molecule has 0 spiro atoms. The summed E-state index contributed by atoms with van der Waals surface area (Å²) in [6.45, 7) is 4.71. The van der Waals surface area contributed by atoms with Crippen molar-refractivity contribution in [3.63, 3.8) is 0 Å². The first kappa shape index (κ1) is 30.2. The number of anilines is 4. The van der Waals surface area contributed by atoms with Crippen LogP contribution in [0, 0.1) is 5.92 Å². The predicted octanol–water partition coefficient (Wildman–Crippen LogP) is 6.12. The third kappa shape index (κ3) is 6.27. The number of aromatic nitrogens is 4. The fourth-order valence-corrected chi connectivity index (χ4v) is 7.28. The molecule has 0 radical (unpaired) electrons. The maximum atomic E-state index is 13.1. The Morgan fingerprint density at radius 2 is 1.75 bits per heavy atom. The summed E-state index contributed by atoms with van der Waals surface area (Å²) in [5.41, 5.74) is 7.33. The number of nitrogens with zero attached hydrogens (tertiary/aromatic N) is 6. The van der Waals surface area contributed by atoms with E-state index in [1.165, 1.54) is 11.3 Å². The van der Waals surface area contributed by atoms with Gasteiger partial charge in [-0.15, -0.1) is 11.3 Å². The van der Waals surface area contributed by atoms with E-state index in [0.29, 0.717) is 5.95 Å². The fraction of sp³-hybridized carbons (Fsp3) is 0.243. The normalized spacial score (nSPS) is 17.8. The van der Waals surface area contributed by atoms with E-state index in [-0.39, 0.29) is 24.3 Å². The van der Waals surface area contributed by atoms with Crippen molar-refractivity contribution in [3.05, 3.63) is 108 Å². The first-order chi connectivity index (χ1) is 23.6. The summed E-state index contributed by atoms with van der Waals surface area (Å²) in [5.74, 6) is 0.804. The fourth-order valence-electron chi connectivity index (χ4n) is 6.57. The van der Waals surface area contributed by atoms with Crippen molar-refractivity contribution in [2.24, 2.45) is 5.92 Å². The summed E-state index contributed by atoms with van der Waals surface area (Å²) < 4.78 is 2.06. The number of hydrogen-bond acceptors (Lipinski definition) is 9. The summed E-state index contributed by atoms with van der Waals surface area (Å²) >= 11 is 1.56. The van der Waals surface area contributed by atoms with E-state index in [9.17, 15) is 9.90 Å². The van der Waals surface area contributed by atoms with Crippen LogP contribution in [0.2, 0.25) is 0 Å². The van der Waals surface area contributed by atoms with Crippen LogP contribution in [-0.2, 0) is 4.79 Å². The lowest BCUT2D eigenvalue weighted by molar-refractivity contribution is -0.117. The van der Waals surface area contributed by atoms with Gasteiger partial charge < -0.3 is 20.6 Å². The van der Waals surface area contributed by atoms with Gasteiger partial charge in [0, 0.05) is 79.0 Å². The lowest BCUT2D eigenvalue weighted by Gasteiger charge is -2.35. The number of amides is 1. The Bertz CT molecular complexity index is 2040. The number of benzene rings is 3. The summed E-state index contributed by atoms with van der Waals surface area (Å²) in [5, 5.41) is 17.8. The molecule has 2 unspecified atom stereocenters. The van der Waals surface area contributed by atoms with Crippen molar-refractivity contribution in [2.75, 3.05) is 54.9 Å². The van der Waals surface area contributed by atoms with Crippen molar-refractivity contribution in [1.29, 1.82) is 0 Å². The molecule has 2 atom stereocenters. The summed E-state index contributed by atoms with van der Waals surface area (Å²) in [6, 6.07) is 28.4. The van der Waals surface area contributed by atoms with Crippen LogP contribution in [0.3, 0.4) is 0 Å². The minimum absolute atomic E-state index is 0.0131. The molecule has 1 saturated carbocycles. The lowest BCUT2D eigenvalue weighted by atomic mass is 10.1. The van der Waals surface area contributed by atoms with Crippen LogP contribution in [0.15, 0.2) is 103 Å². The smallest absolute Gasteiger partial charge is 0.228 e. The first-order valence-electron chi connectivity index (χ1n) is 16.3. The molecule has 2 fully saturated rings. The number of imidazole rings is 1. The average Bonchev–Trinajstić information content (AvgIpc) is 3.67. The van der Waals surface area contributed by atoms with Gasteiger partial charge in [-0.3, -0.25) is 14.1 Å². The molecular weight excluding hydrogens is 621 g/mol. The summed E-state index contributed by atoms with van der Waals surface area (Å²) in [4.78, 5) is 33.1. The second-order valence-electron chi connectivity index (χ2n) is 12.3. The Morgan fingerprint density at radius 1 is 0.917 bits per heavy atom. The lowest BCUT2D eigenvalue weighted by Crippen LogP contribution is -2.47. The molecule has 3 N–H and O–H groups in total. The monoisotopic (exact) mass is 656 g/mol. The molecule has 2 aliphatic rings. The molecule has 11 heteroatoms. The number of aliphatic hydroxyl groups excluding tert-OH is 1. The molecule has 1 amide bonds. The number of fused-ring (bicyclic) bond motifs is 1. The number of piperazine rings is 1. The predicted molar refractivity (Wildman–Crippen MR) is 191 cm³/mol. The van der Waals surface area contributed by atoms with E-state index in [1.54, 1.807) is 17.5 Å². The Balaban J connectivity index is 0.999. The van der Waals surface area contributed by atoms with E-state index in [4.69, 9.17) is 9.97 Å². The van der Waals surface area contributed by atoms with Gasteiger partial charge in [0.25, 0.3) is 0 Å². The van der Waals surface area contributed by atoms with Crippen LogP contribution >= 0.6 is 11.3 Å². The molecule has 3 aromatic carbocycles. The van der Waals surface area contributed by atoms with Crippen LogP contribution in [-0.4, -0.2) is 74.6 Å². The zero-order valence-corrected chi connectivity index (χ0v) is 27.2. The molecule has 6 aromatic rings. The third-order valence-corrected chi connectivity index (χ3v) is 9.95. The van der Waals surface area contributed by atoms with Gasteiger partial charge in [-0.05, 0) is 60.4 Å². The third-order valence-electron chi connectivity index (χ3n) is 9.20. The van der Waals surface area contributed by atoms with Crippen molar-refractivity contribution < 1.29 is 9.90 Å². The van der Waals surface area contributed by atoms with Gasteiger partial charge in [0.1, 0.15) is 5.69 Å². The van der Waals surface area contributed by atoms with Crippen LogP contribution in [0.1, 0.15) is 17.9 Å². The van der Waals surface area contributed by atoms with E-state index < -0.39 is 0 Å². The first-order valence-corrected chi connectivity index (χ1v) is 17.2. The molecular formula is C37H36N8O2S. The van der Waals surface area contributed by atoms with E-state index >= 15 is 0 Å². The maximum Gasteiger partial charge on any atom is 0.228 e. The number of hydrogen-bond donors (Lipinski definition) is 3. The van der Waals surface area contributed by atoms with E-state index in [1.807, 2.05) is 60.1 Å². The summed E-state index contributed by atoms with van der Waals surface area (Å²) in [6.07, 6.45) is 4.64. The van der Waals surface area contributed by atoms with Crippen LogP contribution in [0.25, 0.3) is 27.6 Å². The van der Waals surface area contributed by atoms with Crippen LogP contribution in [0.5, 0.6) is 0 Å². The highest BCUT2D eigenvalue weighted by molar-refractivity contribution is 7.15. The zero-order valence-electron chi connectivity index (χ0n) is 26.4. The van der Waals surface area contributed by atoms with Crippen molar-refractivity contribution in [1.82, 2.24) is 24.3 Å². The second-order valence-corrected chi connectivity index (χ2v) is 13.2. The molecule has 1 aliphatic carbocycles. The van der Waals surface area contributed by atoms with Gasteiger partial charge >= 0.3 is 0 Å². The van der Waals surface area contributed by atoms with Gasteiger partial charge in [0.05, 0.1) is 18.0 Å². The highest BCUT2D eigenvalue weighted by atomic mass is 32.1. The molecule has 4 heterocycles. The maximum absolute atomic E-state index is 13.1. The topological polar surface area (TPSA) is 111 Å². The zero-order chi connectivity index (χ0) is 32.5. The van der Waals surface area contributed by atoms with Crippen LogP contribution in [0.4, 0.5) is 23.0 Å². The number of rotatable bonds is 10. The van der Waals surface area contributed by atoms with Gasteiger partial charge in [-0.1, -0.05) is 42.5 Å². The molecule has 0 bridgehead atoms. The van der Waals surface area contributed by atoms with Gasteiger partial charge in [0.15, 0.2) is 4.96 Å². The standard InChI is InChI=1S/C37H36N8O2S/c46-21-19-43-15-17-44(18-16-43)29-11-9-27(10-12-29)40-36-38-14-13-32(41-36)34-33(42-37-45(34)20-22-48-37)26-7-4-8-28(23-26)39-35(47)31-24-30(31)25-5-2-1-3-6-25/h1-14,20,22-23,30-31,46H,15-19,21,24H2,(H,39,47)(H,38,40,41). The number of nitrogens with one attached hydrogen (secondary N) is 2. The van der Waals surface area contributed by atoms with E-state index in [0.717, 1.165) is 78.1 Å². The van der Waals surface area contributed by atoms with Crippen LogP contribution < -0.4 is 15.5 Å². The van der Waals surface area contributed by atoms with Crippen molar-refractivity contribution >= 4 is 45.2 Å². The van der Waals surface area contributed by atoms with Gasteiger partial charge in [0.2, 0.25) is 11.9 Å². The molecule has 8 rings (SSSR count). The largest absolute Gasteiger partial charge is 0.395 e. The minimum Gasteiger partial charge on any atom is -0.395 e. The quantitative estimate of drug-likeness (QED) is 0.162. The molecule has 1 saturated heterocycles. The molecule has 242 valence electrons. The SMILES string of the molecule is O=C(Nc1cccc(-c2nc3sccn3c2-c2ccnc(Nc3ccc(N4CCN(CCO)CC4)cc3)n2)c1)C1CC1c1ccccc1. The number of thiazole rings is 1. The summed E-state index contributed by atoms with van der Waals surface area (Å²) in [7, 11) is 0. The molecule has 1 aliphatic heterocycles. The number of carbonyl (C=O) groups excluding carboxylic acids is 1. The Kier molecular flexibility index (Phi) is 8.31. The van der Waals surface area contributed by atoms with Crippen molar-refractivity contribution in [2.45, 2.75) is 12.3 Å². The molecule has 3 aromatic heterocycles. The minimum atomic E-state index is -0.0131.